The van der Waals surface area contributed by atoms with Gasteiger partial charge in [-0.1, -0.05) is 36.7 Å². The molecule has 2 heterocycles. The molecule has 2 N–H and O–H groups in total. The van der Waals surface area contributed by atoms with Gasteiger partial charge in [0.15, 0.2) is 6.10 Å². The SMILES string of the molecule is CCC(OC(=O)c1c2c(nc3ccccc13)CCN(C(C)C)C2)C(=O)Nc1cc(C(=O)O)ccc1Cl. The molecule has 0 radical (unpaired) electrons. The number of halogens is 1. The molecule has 1 aromatic heterocycles. The minimum absolute atomic E-state index is 0.0238. The molecule has 1 aliphatic heterocycles. The lowest BCUT2D eigenvalue weighted by Gasteiger charge is -2.32. The number of anilines is 1. The van der Waals surface area contributed by atoms with Gasteiger partial charge in [0.05, 0.1) is 27.4 Å². The molecule has 0 saturated heterocycles. The number of carboxylic acid groups (broad SMARTS) is 1. The fraction of sp³-hybridized carbons (Fsp3) is 0.333. The first kappa shape index (κ1) is 25.6. The van der Waals surface area contributed by atoms with Crippen molar-refractivity contribution in [2.45, 2.75) is 52.3 Å². The average Bonchev–Trinajstić information content (AvgIpc) is 2.86. The first-order chi connectivity index (χ1) is 17.2. The molecule has 1 unspecified atom stereocenters. The number of fused-ring (bicyclic) bond motifs is 2. The summed E-state index contributed by atoms with van der Waals surface area (Å²) < 4.78 is 5.75. The highest BCUT2D eigenvalue weighted by atomic mass is 35.5. The van der Waals surface area contributed by atoms with Crippen LogP contribution >= 0.6 is 11.6 Å². The van der Waals surface area contributed by atoms with E-state index in [-0.39, 0.29) is 22.7 Å². The molecule has 4 rings (SSSR count). The highest BCUT2D eigenvalue weighted by Gasteiger charge is 2.30. The van der Waals surface area contributed by atoms with Gasteiger partial charge in [0, 0.05) is 42.2 Å². The number of hydrogen-bond donors (Lipinski definition) is 2. The highest BCUT2D eigenvalue weighted by Crippen LogP contribution is 2.30. The number of aromatic carboxylic acids is 1. The molecule has 0 spiro atoms. The lowest BCUT2D eigenvalue weighted by atomic mass is 9.95. The van der Waals surface area contributed by atoms with Crippen molar-refractivity contribution in [2.75, 3.05) is 11.9 Å². The van der Waals surface area contributed by atoms with E-state index in [0.717, 1.165) is 24.2 Å². The number of pyridine rings is 1. The number of nitrogens with zero attached hydrogens (tertiary/aromatic N) is 2. The minimum Gasteiger partial charge on any atom is -0.478 e. The maximum atomic E-state index is 13.6. The predicted octanol–water partition coefficient (Wildman–Crippen LogP) is 4.93. The Bertz CT molecular complexity index is 1340. The second-order valence-electron chi connectivity index (χ2n) is 9.03. The fourth-order valence-corrected chi connectivity index (χ4v) is 4.53. The molecule has 0 aliphatic carbocycles. The number of carboxylic acids is 1. The zero-order chi connectivity index (χ0) is 26.0. The quantitative estimate of drug-likeness (QED) is 0.435. The van der Waals surface area contributed by atoms with Crippen molar-refractivity contribution in [3.63, 3.8) is 0 Å². The van der Waals surface area contributed by atoms with Gasteiger partial charge in [0.1, 0.15) is 0 Å². The predicted molar refractivity (Wildman–Crippen MR) is 138 cm³/mol. The zero-order valence-electron chi connectivity index (χ0n) is 20.4. The summed E-state index contributed by atoms with van der Waals surface area (Å²) in [6.45, 7) is 7.36. The third kappa shape index (κ3) is 5.20. The van der Waals surface area contributed by atoms with E-state index in [1.165, 1.54) is 18.2 Å². The summed E-state index contributed by atoms with van der Waals surface area (Å²) >= 11 is 6.15. The van der Waals surface area contributed by atoms with Crippen LogP contribution < -0.4 is 5.32 Å². The molecule has 1 atom stereocenters. The van der Waals surface area contributed by atoms with Crippen LogP contribution in [0.1, 0.15) is 59.2 Å². The van der Waals surface area contributed by atoms with Crippen molar-refractivity contribution in [1.29, 1.82) is 0 Å². The molecular weight excluding hydrogens is 482 g/mol. The molecular formula is C27H28ClN3O5. The molecule has 8 nitrogen and oxygen atoms in total. The smallest absolute Gasteiger partial charge is 0.340 e. The second-order valence-corrected chi connectivity index (χ2v) is 9.44. The third-order valence-corrected chi connectivity index (χ3v) is 6.72. The van der Waals surface area contributed by atoms with E-state index in [9.17, 15) is 19.5 Å². The van der Waals surface area contributed by atoms with Crippen LogP contribution in [-0.2, 0) is 22.5 Å². The molecule has 1 aliphatic rings. The number of esters is 1. The molecule has 0 fully saturated rings. The number of para-hydroxylation sites is 1. The van der Waals surface area contributed by atoms with Gasteiger partial charge in [0.2, 0.25) is 0 Å². The topological polar surface area (TPSA) is 109 Å². The number of amides is 1. The maximum absolute atomic E-state index is 13.6. The van der Waals surface area contributed by atoms with Crippen LogP contribution in [0, 0.1) is 0 Å². The van der Waals surface area contributed by atoms with Gasteiger partial charge >= 0.3 is 11.9 Å². The average molecular weight is 510 g/mol. The Morgan fingerprint density at radius 3 is 2.64 bits per heavy atom. The third-order valence-electron chi connectivity index (χ3n) is 6.39. The van der Waals surface area contributed by atoms with Crippen LogP contribution in [0.4, 0.5) is 5.69 Å². The van der Waals surface area contributed by atoms with Gasteiger partial charge in [-0.25, -0.2) is 9.59 Å². The Morgan fingerprint density at radius 1 is 1.19 bits per heavy atom. The Morgan fingerprint density at radius 2 is 1.94 bits per heavy atom. The fourth-order valence-electron chi connectivity index (χ4n) is 4.36. The Labute approximate surface area is 214 Å². The number of carbonyl (C=O) groups excluding carboxylic acids is 2. The van der Waals surface area contributed by atoms with Gasteiger partial charge in [-0.2, -0.15) is 0 Å². The van der Waals surface area contributed by atoms with Crippen molar-refractivity contribution < 1.29 is 24.2 Å². The van der Waals surface area contributed by atoms with Crippen LogP contribution in [0.25, 0.3) is 10.9 Å². The van der Waals surface area contributed by atoms with Crippen LogP contribution in [0.5, 0.6) is 0 Å². The zero-order valence-corrected chi connectivity index (χ0v) is 21.1. The summed E-state index contributed by atoms with van der Waals surface area (Å²) in [6.07, 6.45) is -0.166. The number of nitrogens with one attached hydrogen (secondary N) is 1. The second kappa shape index (κ2) is 10.6. The van der Waals surface area contributed by atoms with E-state index < -0.39 is 23.9 Å². The van der Waals surface area contributed by atoms with Gasteiger partial charge < -0.3 is 15.2 Å². The Hall–Kier alpha value is -3.49. The van der Waals surface area contributed by atoms with E-state index >= 15 is 0 Å². The summed E-state index contributed by atoms with van der Waals surface area (Å²) in [7, 11) is 0. The Balaban J connectivity index is 1.64. The number of aromatic nitrogens is 1. The van der Waals surface area contributed by atoms with Crippen molar-refractivity contribution in [2.24, 2.45) is 0 Å². The van der Waals surface area contributed by atoms with Crippen LogP contribution in [-0.4, -0.2) is 51.5 Å². The molecule has 9 heteroatoms. The minimum atomic E-state index is -1.15. The maximum Gasteiger partial charge on any atom is 0.340 e. The molecule has 2 aromatic carbocycles. The van der Waals surface area contributed by atoms with Gasteiger partial charge in [0.25, 0.3) is 5.91 Å². The molecule has 0 bridgehead atoms. The summed E-state index contributed by atoms with van der Waals surface area (Å²) in [4.78, 5) is 45.0. The first-order valence-corrected chi connectivity index (χ1v) is 12.3. The van der Waals surface area contributed by atoms with Crippen molar-refractivity contribution >= 4 is 46.0 Å². The normalized spacial score (nSPS) is 14.4. The van der Waals surface area contributed by atoms with Gasteiger partial charge in [-0.05, 0) is 44.5 Å². The van der Waals surface area contributed by atoms with E-state index in [2.05, 4.69) is 24.1 Å². The van der Waals surface area contributed by atoms with Gasteiger partial charge in [-0.15, -0.1) is 0 Å². The molecule has 36 heavy (non-hydrogen) atoms. The number of ether oxygens (including phenoxy) is 1. The van der Waals surface area contributed by atoms with Crippen LogP contribution in [0.3, 0.4) is 0 Å². The number of carbonyl (C=O) groups is 3. The van der Waals surface area contributed by atoms with Crippen LogP contribution in [0.15, 0.2) is 42.5 Å². The standard InChI is InChI=1S/C27H28ClN3O5/c1-4-23(25(32)30-22-13-16(26(33)34)9-10-19(22)28)36-27(35)24-17-7-5-6-8-20(17)29-21-11-12-31(15(2)3)14-18(21)24/h5-10,13,15,23H,4,11-12,14H2,1-3H3,(H,30,32)(H,33,34). The lowest BCUT2D eigenvalue weighted by Crippen LogP contribution is -2.38. The number of hydrogen-bond acceptors (Lipinski definition) is 6. The Kier molecular flexibility index (Phi) is 7.56. The van der Waals surface area contributed by atoms with Crippen molar-refractivity contribution in [1.82, 2.24) is 9.88 Å². The van der Waals surface area contributed by atoms with Crippen molar-refractivity contribution in [3.8, 4) is 0 Å². The van der Waals surface area contributed by atoms with Gasteiger partial charge in [-0.3, -0.25) is 14.7 Å². The molecule has 1 amide bonds. The monoisotopic (exact) mass is 509 g/mol. The largest absolute Gasteiger partial charge is 0.478 e. The summed E-state index contributed by atoms with van der Waals surface area (Å²) in [5, 5.41) is 12.7. The summed E-state index contributed by atoms with van der Waals surface area (Å²) in [6, 6.07) is 11.7. The lowest BCUT2D eigenvalue weighted by molar-refractivity contribution is -0.124. The summed E-state index contributed by atoms with van der Waals surface area (Å²) in [5.74, 6) is -2.33. The summed E-state index contributed by atoms with van der Waals surface area (Å²) in [5.41, 5.74) is 2.94. The van der Waals surface area contributed by atoms with Crippen LogP contribution in [0.2, 0.25) is 5.02 Å². The first-order valence-electron chi connectivity index (χ1n) is 11.9. The number of benzene rings is 2. The van der Waals surface area contributed by atoms with E-state index in [1.54, 1.807) is 6.92 Å². The highest BCUT2D eigenvalue weighted by molar-refractivity contribution is 6.34. The van der Waals surface area contributed by atoms with Crippen molar-refractivity contribution in [3.05, 3.63) is 69.9 Å². The number of rotatable bonds is 7. The molecule has 3 aromatic rings. The van der Waals surface area contributed by atoms with E-state index in [1.807, 2.05) is 24.3 Å². The van der Waals surface area contributed by atoms with E-state index in [4.69, 9.17) is 21.3 Å². The van der Waals surface area contributed by atoms with E-state index in [0.29, 0.717) is 29.1 Å². The molecule has 188 valence electrons. The molecule has 0 saturated carbocycles.